The summed E-state index contributed by atoms with van der Waals surface area (Å²) in [5.41, 5.74) is 0. The van der Waals surface area contributed by atoms with Gasteiger partial charge in [-0.15, -0.1) is 0 Å². The Morgan fingerprint density at radius 2 is 1.86 bits per heavy atom. The predicted octanol–water partition coefficient (Wildman–Crippen LogP) is -0.472. The van der Waals surface area contributed by atoms with Gasteiger partial charge in [-0.1, -0.05) is 6.92 Å². The number of rotatable bonds is 3. The van der Waals surface area contributed by atoms with Crippen molar-refractivity contribution < 1.29 is 38.3 Å². The van der Waals surface area contributed by atoms with Crippen molar-refractivity contribution in [2.24, 2.45) is 0 Å². The standard InChI is InChI=1S/C13H20O8/c1-3-8-17-5-6-10(19-8)11-12(13(15)18-6)21-9(20-11)4-7(14)16-2/h6,8-13,15H,3-5H2,1-2H3. The summed E-state index contributed by atoms with van der Waals surface area (Å²) in [7, 11) is 1.30. The molecule has 8 heteroatoms. The molecule has 0 radical (unpaired) electrons. The summed E-state index contributed by atoms with van der Waals surface area (Å²) in [6, 6.07) is 0. The first kappa shape index (κ1) is 15.1. The third-order valence-electron chi connectivity index (χ3n) is 3.88. The fourth-order valence-corrected chi connectivity index (χ4v) is 2.82. The lowest BCUT2D eigenvalue weighted by atomic mass is 9.98. The molecule has 8 nitrogen and oxygen atoms in total. The largest absolute Gasteiger partial charge is 0.469 e. The fraction of sp³-hybridized carbons (Fsp3) is 0.923. The Morgan fingerprint density at radius 3 is 2.57 bits per heavy atom. The summed E-state index contributed by atoms with van der Waals surface area (Å²) in [6.45, 7) is 2.28. The Balaban J connectivity index is 1.69. The summed E-state index contributed by atoms with van der Waals surface area (Å²) in [6.07, 6.45) is -3.54. The molecular formula is C13H20O8. The maximum absolute atomic E-state index is 11.3. The molecule has 1 N–H and O–H groups in total. The number of aliphatic hydroxyl groups excluding tert-OH is 1. The van der Waals surface area contributed by atoms with Gasteiger partial charge < -0.3 is 33.5 Å². The summed E-state index contributed by atoms with van der Waals surface area (Å²) in [5.74, 6) is -0.440. The van der Waals surface area contributed by atoms with Gasteiger partial charge in [-0.3, -0.25) is 4.79 Å². The molecule has 0 aromatic heterocycles. The van der Waals surface area contributed by atoms with Crippen LogP contribution in [0, 0.1) is 0 Å². The summed E-state index contributed by atoms with van der Waals surface area (Å²) in [5, 5.41) is 10.00. The first-order chi connectivity index (χ1) is 10.1. The first-order valence-electron chi connectivity index (χ1n) is 7.10. The van der Waals surface area contributed by atoms with E-state index in [-0.39, 0.29) is 18.8 Å². The van der Waals surface area contributed by atoms with Gasteiger partial charge in [-0.25, -0.2) is 0 Å². The molecule has 0 saturated carbocycles. The topological polar surface area (TPSA) is 92.7 Å². The molecule has 120 valence electrons. The zero-order chi connectivity index (χ0) is 15.0. The van der Waals surface area contributed by atoms with E-state index in [1.807, 2.05) is 6.92 Å². The Hall–Kier alpha value is -0.770. The van der Waals surface area contributed by atoms with E-state index in [0.29, 0.717) is 13.0 Å². The molecule has 0 aromatic rings. The number of hydrogen-bond acceptors (Lipinski definition) is 8. The number of esters is 1. The number of ether oxygens (including phenoxy) is 6. The number of fused-ring (bicyclic) bond motifs is 3. The van der Waals surface area contributed by atoms with E-state index in [9.17, 15) is 9.90 Å². The number of hydrogen-bond donors (Lipinski definition) is 1. The Labute approximate surface area is 122 Å². The van der Waals surface area contributed by atoms with E-state index in [0.717, 1.165) is 0 Å². The predicted molar refractivity (Wildman–Crippen MR) is 66.0 cm³/mol. The normalized spacial score (nSPS) is 45.8. The zero-order valence-corrected chi connectivity index (χ0v) is 12.0. The number of carbonyl (C=O) groups is 1. The number of carbonyl (C=O) groups excluding carboxylic acids is 1. The zero-order valence-electron chi connectivity index (χ0n) is 12.0. The van der Waals surface area contributed by atoms with Crippen molar-refractivity contribution in [2.45, 2.75) is 63.1 Å². The molecule has 0 bridgehead atoms. The van der Waals surface area contributed by atoms with Crippen molar-refractivity contribution in [1.82, 2.24) is 0 Å². The van der Waals surface area contributed by atoms with Crippen LogP contribution in [0.2, 0.25) is 0 Å². The Kier molecular flexibility index (Phi) is 4.43. The third-order valence-corrected chi connectivity index (χ3v) is 3.88. The van der Waals surface area contributed by atoms with Crippen molar-refractivity contribution in [3.8, 4) is 0 Å². The van der Waals surface area contributed by atoms with Crippen LogP contribution < -0.4 is 0 Å². The van der Waals surface area contributed by atoms with Crippen molar-refractivity contribution in [3.63, 3.8) is 0 Å². The number of aliphatic hydroxyl groups is 1. The molecule has 3 rings (SSSR count). The Morgan fingerprint density at radius 1 is 1.14 bits per heavy atom. The summed E-state index contributed by atoms with van der Waals surface area (Å²) >= 11 is 0. The van der Waals surface area contributed by atoms with Gasteiger partial charge in [0, 0.05) is 0 Å². The molecule has 3 aliphatic heterocycles. The van der Waals surface area contributed by atoms with Crippen molar-refractivity contribution in [3.05, 3.63) is 0 Å². The second-order valence-electron chi connectivity index (χ2n) is 5.25. The van der Waals surface area contributed by atoms with Crippen LogP contribution >= 0.6 is 0 Å². The highest BCUT2D eigenvalue weighted by atomic mass is 16.8. The second kappa shape index (κ2) is 6.15. The Bertz CT molecular complexity index is 388. The molecule has 21 heavy (non-hydrogen) atoms. The summed E-state index contributed by atoms with van der Waals surface area (Å²) in [4.78, 5) is 11.3. The first-order valence-corrected chi connectivity index (χ1v) is 7.10. The molecule has 3 heterocycles. The molecule has 0 aromatic carbocycles. The highest BCUT2D eigenvalue weighted by molar-refractivity contribution is 5.69. The minimum Gasteiger partial charge on any atom is -0.469 e. The lowest BCUT2D eigenvalue weighted by Crippen LogP contribution is -2.61. The molecule has 3 fully saturated rings. The van der Waals surface area contributed by atoms with Gasteiger partial charge in [-0.2, -0.15) is 0 Å². The monoisotopic (exact) mass is 304 g/mol. The third kappa shape index (κ3) is 2.92. The van der Waals surface area contributed by atoms with E-state index < -0.39 is 36.9 Å². The lowest BCUT2D eigenvalue weighted by Gasteiger charge is -2.44. The highest BCUT2D eigenvalue weighted by Crippen LogP contribution is 2.37. The SMILES string of the molecule is CCC1OCC2OC(O)C3OC(CC(=O)OC)OC3C2O1. The smallest absolute Gasteiger partial charge is 0.310 e. The second-order valence-corrected chi connectivity index (χ2v) is 5.25. The van der Waals surface area contributed by atoms with Crippen LogP contribution in [-0.2, 0) is 33.2 Å². The van der Waals surface area contributed by atoms with Crippen molar-refractivity contribution in [2.75, 3.05) is 13.7 Å². The van der Waals surface area contributed by atoms with Crippen LogP contribution in [0.3, 0.4) is 0 Å². The van der Waals surface area contributed by atoms with E-state index in [4.69, 9.17) is 23.7 Å². The van der Waals surface area contributed by atoms with Gasteiger partial charge in [-0.05, 0) is 6.42 Å². The number of methoxy groups -OCH3 is 1. The molecule has 0 amide bonds. The average molecular weight is 304 g/mol. The molecule has 0 spiro atoms. The molecule has 3 saturated heterocycles. The van der Waals surface area contributed by atoms with Crippen LogP contribution in [0.5, 0.6) is 0 Å². The maximum Gasteiger partial charge on any atom is 0.310 e. The maximum atomic E-state index is 11.3. The van der Waals surface area contributed by atoms with Crippen LogP contribution in [0.4, 0.5) is 0 Å². The minimum atomic E-state index is -1.13. The van der Waals surface area contributed by atoms with Crippen LogP contribution in [0.25, 0.3) is 0 Å². The quantitative estimate of drug-likeness (QED) is 0.700. The molecule has 7 atom stereocenters. The molecular weight excluding hydrogens is 284 g/mol. The van der Waals surface area contributed by atoms with E-state index in [1.165, 1.54) is 7.11 Å². The molecule has 7 unspecified atom stereocenters. The lowest BCUT2D eigenvalue weighted by molar-refractivity contribution is -0.337. The molecule has 3 aliphatic rings. The van der Waals surface area contributed by atoms with Gasteiger partial charge in [0.2, 0.25) is 0 Å². The van der Waals surface area contributed by atoms with Gasteiger partial charge in [0.15, 0.2) is 18.9 Å². The molecule has 0 aliphatic carbocycles. The van der Waals surface area contributed by atoms with Crippen LogP contribution in [0.1, 0.15) is 19.8 Å². The minimum absolute atomic E-state index is 0.0404. The van der Waals surface area contributed by atoms with E-state index >= 15 is 0 Å². The van der Waals surface area contributed by atoms with Gasteiger partial charge in [0.1, 0.15) is 24.4 Å². The van der Waals surface area contributed by atoms with Crippen molar-refractivity contribution >= 4 is 5.97 Å². The van der Waals surface area contributed by atoms with Crippen LogP contribution in [-0.4, -0.2) is 68.1 Å². The highest BCUT2D eigenvalue weighted by Gasteiger charge is 2.55. The van der Waals surface area contributed by atoms with Gasteiger partial charge >= 0.3 is 5.97 Å². The van der Waals surface area contributed by atoms with E-state index in [1.54, 1.807) is 0 Å². The van der Waals surface area contributed by atoms with Gasteiger partial charge in [0.05, 0.1) is 20.1 Å². The fourth-order valence-electron chi connectivity index (χ4n) is 2.82. The summed E-state index contributed by atoms with van der Waals surface area (Å²) < 4.78 is 32.6. The van der Waals surface area contributed by atoms with Gasteiger partial charge in [0.25, 0.3) is 0 Å². The van der Waals surface area contributed by atoms with E-state index in [2.05, 4.69) is 4.74 Å². The van der Waals surface area contributed by atoms with Crippen LogP contribution in [0.15, 0.2) is 0 Å². The average Bonchev–Trinajstić information content (AvgIpc) is 2.91. The van der Waals surface area contributed by atoms with Crippen molar-refractivity contribution in [1.29, 1.82) is 0 Å².